The second-order valence-electron chi connectivity index (χ2n) is 5.24. The molecule has 5 nitrogen and oxygen atoms in total. The molecular weight excluding hydrogens is 300 g/mol. The normalized spacial score (nSPS) is 12.1. The number of aliphatic hydroxyl groups is 1. The van der Waals surface area contributed by atoms with Crippen molar-refractivity contribution >= 4 is 17.2 Å². The van der Waals surface area contributed by atoms with Crippen molar-refractivity contribution in [2.75, 3.05) is 6.54 Å². The van der Waals surface area contributed by atoms with Crippen molar-refractivity contribution < 1.29 is 9.90 Å². The second kappa shape index (κ2) is 7.38. The maximum Gasteiger partial charge on any atom is 0.308 e. The van der Waals surface area contributed by atoms with Crippen LogP contribution in [0.15, 0.2) is 35.1 Å². The fourth-order valence-electron chi connectivity index (χ4n) is 2.16. The molecule has 2 N–H and O–H groups in total. The lowest BCUT2D eigenvalue weighted by Gasteiger charge is -2.12. The van der Waals surface area contributed by atoms with E-state index in [4.69, 9.17) is 0 Å². The van der Waals surface area contributed by atoms with Gasteiger partial charge in [0.2, 0.25) is 5.91 Å². The number of nitrogens with zero attached hydrogens (tertiary/aromatic N) is 1. The Bertz CT molecular complexity index is 691. The van der Waals surface area contributed by atoms with E-state index in [1.807, 2.05) is 44.2 Å². The van der Waals surface area contributed by atoms with Gasteiger partial charge in [-0.1, -0.05) is 41.7 Å². The molecule has 1 amide bonds. The van der Waals surface area contributed by atoms with Gasteiger partial charge in [0, 0.05) is 23.5 Å². The Morgan fingerprint density at radius 3 is 2.59 bits per heavy atom. The highest BCUT2D eigenvalue weighted by atomic mass is 32.1. The summed E-state index contributed by atoms with van der Waals surface area (Å²) < 4.78 is 1.46. The number of amides is 1. The zero-order chi connectivity index (χ0) is 16.1. The largest absolute Gasteiger partial charge is 0.391 e. The number of hydrogen-bond acceptors (Lipinski definition) is 4. The Labute approximate surface area is 133 Å². The van der Waals surface area contributed by atoms with Crippen molar-refractivity contribution in [3.8, 4) is 0 Å². The van der Waals surface area contributed by atoms with Crippen molar-refractivity contribution in [3.05, 3.63) is 56.1 Å². The molecule has 118 valence electrons. The summed E-state index contributed by atoms with van der Waals surface area (Å²) in [6.45, 7) is 3.85. The molecule has 0 fully saturated rings. The number of thiazole rings is 1. The van der Waals surface area contributed by atoms with E-state index in [9.17, 15) is 14.7 Å². The molecule has 0 aliphatic carbocycles. The average molecular weight is 320 g/mol. The highest BCUT2D eigenvalue weighted by Crippen LogP contribution is 2.09. The number of rotatable bonds is 6. The summed E-state index contributed by atoms with van der Waals surface area (Å²) in [6.07, 6.45) is -0.161. The molecule has 1 heterocycles. The predicted octanol–water partition coefficient (Wildman–Crippen LogP) is 1.25. The Kier molecular flexibility index (Phi) is 5.51. The summed E-state index contributed by atoms with van der Waals surface area (Å²) >= 11 is 1.14. The average Bonchev–Trinajstić information content (AvgIpc) is 2.73. The first kappa shape index (κ1) is 16.5. The fraction of sp³-hybridized carbons (Fsp3) is 0.375. The van der Waals surface area contributed by atoms with E-state index in [1.54, 1.807) is 0 Å². The van der Waals surface area contributed by atoms with Gasteiger partial charge < -0.3 is 10.4 Å². The van der Waals surface area contributed by atoms with Crippen LogP contribution in [0.2, 0.25) is 0 Å². The lowest BCUT2D eigenvalue weighted by Crippen LogP contribution is -2.36. The van der Waals surface area contributed by atoms with Gasteiger partial charge in [-0.2, -0.15) is 0 Å². The van der Waals surface area contributed by atoms with Gasteiger partial charge in [0.1, 0.15) is 6.54 Å². The molecule has 1 unspecified atom stereocenters. The number of carbonyl (C=O) groups is 1. The molecule has 0 aliphatic heterocycles. The first-order valence-electron chi connectivity index (χ1n) is 7.13. The van der Waals surface area contributed by atoms with E-state index >= 15 is 0 Å². The Morgan fingerprint density at radius 2 is 2.00 bits per heavy atom. The summed E-state index contributed by atoms with van der Waals surface area (Å²) in [7, 11) is 0. The van der Waals surface area contributed by atoms with E-state index in [2.05, 4.69) is 5.32 Å². The van der Waals surface area contributed by atoms with Gasteiger partial charge in [-0.15, -0.1) is 0 Å². The van der Waals surface area contributed by atoms with Gasteiger partial charge in [0.15, 0.2) is 0 Å². The molecule has 1 aromatic carbocycles. The molecule has 0 bridgehead atoms. The minimum absolute atomic E-state index is 0.00688. The van der Waals surface area contributed by atoms with Crippen LogP contribution in [-0.4, -0.2) is 28.2 Å². The Morgan fingerprint density at radius 1 is 1.32 bits per heavy atom. The summed E-state index contributed by atoms with van der Waals surface area (Å²) in [5.74, 6) is -0.268. The van der Waals surface area contributed by atoms with Crippen LogP contribution in [0, 0.1) is 13.8 Å². The molecule has 2 rings (SSSR count). The molecule has 2 aromatic rings. The van der Waals surface area contributed by atoms with Gasteiger partial charge in [0.05, 0.1) is 6.10 Å². The number of aromatic nitrogens is 1. The van der Waals surface area contributed by atoms with Gasteiger partial charge in [-0.3, -0.25) is 14.2 Å². The maximum atomic E-state index is 11.9. The Balaban J connectivity index is 1.84. The molecule has 0 spiro atoms. The number of carbonyl (C=O) groups excluding carboxylic acids is 1. The van der Waals surface area contributed by atoms with Crippen LogP contribution in [-0.2, 0) is 17.8 Å². The number of aliphatic hydroxyl groups excluding tert-OH is 1. The lowest BCUT2D eigenvalue weighted by molar-refractivity contribution is -0.122. The highest BCUT2D eigenvalue weighted by Gasteiger charge is 2.12. The minimum atomic E-state index is -0.645. The number of nitrogens with one attached hydrogen (secondary N) is 1. The monoisotopic (exact) mass is 320 g/mol. The van der Waals surface area contributed by atoms with Gasteiger partial charge in [-0.25, -0.2) is 0 Å². The third-order valence-electron chi connectivity index (χ3n) is 3.53. The molecule has 0 radical (unpaired) electrons. The van der Waals surface area contributed by atoms with Crippen LogP contribution < -0.4 is 10.2 Å². The predicted molar refractivity (Wildman–Crippen MR) is 87.2 cm³/mol. The third-order valence-corrected chi connectivity index (χ3v) is 4.52. The number of benzene rings is 1. The van der Waals surface area contributed by atoms with Gasteiger partial charge >= 0.3 is 4.87 Å². The van der Waals surface area contributed by atoms with Crippen LogP contribution in [0.4, 0.5) is 0 Å². The summed E-state index contributed by atoms with van der Waals surface area (Å²) in [4.78, 5) is 24.4. The van der Waals surface area contributed by atoms with Crippen molar-refractivity contribution in [1.29, 1.82) is 0 Å². The van der Waals surface area contributed by atoms with Crippen molar-refractivity contribution in [1.82, 2.24) is 9.88 Å². The van der Waals surface area contributed by atoms with Crippen LogP contribution >= 0.6 is 11.3 Å². The molecule has 0 saturated carbocycles. The van der Waals surface area contributed by atoms with E-state index < -0.39 is 6.10 Å². The van der Waals surface area contributed by atoms with E-state index in [0.717, 1.165) is 27.5 Å². The zero-order valence-corrected chi connectivity index (χ0v) is 13.5. The molecule has 6 heteroatoms. The van der Waals surface area contributed by atoms with Crippen LogP contribution in [0.3, 0.4) is 0 Å². The molecule has 1 aromatic heterocycles. The second-order valence-corrected chi connectivity index (χ2v) is 6.41. The van der Waals surface area contributed by atoms with Crippen molar-refractivity contribution in [2.45, 2.75) is 32.9 Å². The fourth-order valence-corrected chi connectivity index (χ4v) is 2.99. The third kappa shape index (κ3) is 4.29. The molecule has 0 aliphatic rings. The van der Waals surface area contributed by atoms with Crippen LogP contribution in [0.5, 0.6) is 0 Å². The van der Waals surface area contributed by atoms with Crippen molar-refractivity contribution in [2.24, 2.45) is 0 Å². The van der Waals surface area contributed by atoms with Crippen LogP contribution in [0.1, 0.15) is 16.1 Å². The van der Waals surface area contributed by atoms with E-state index in [-0.39, 0.29) is 23.9 Å². The van der Waals surface area contributed by atoms with Crippen molar-refractivity contribution in [3.63, 3.8) is 0 Å². The summed E-state index contributed by atoms with van der Waals surface area (Å²) in [6, 6.07) is 9.61. The van der Waals surface area contributed by atoms with E-state index in [1.165, 1.54) is 4.57 Å². The topological polar surface area (TPSA) is 71.3 Å². The first-order valence-corrected chi connectivity index (χ1v) is 7.94. The summed E-state index contributed by atoms with van der Waals surface area (Å²) in [5, 5.41) is 12.6. The van der Waals surface area contributed by atoms with Gasteiger partial charge in [-0.05, 0) is 19.4 Å². The maximum absolute atomic E-state index is 11.9. The van der Waals surface area contributed by atoms with Gasteiger partial charge in [0.25, 0.3) is 0 Å². The molecular formula is C16H20N2O3S. The van der Waals surface area contributed by atoms with E-state index in [0.29, 0.717) is 6.42 Å². The summed E-state index contributed by atoms with van der Waals surface area (Å²) in [5.41, 5.74) is 1.83. The number of aryl methyl sites for hydroxylation is 1. The smallest absolute Gasteiger partial charge is 0.308 e. The number of hydrogen-bond donors (Lipinski definition) is 2. The standard InChI is InChI=1S/C16H20N2O3S/c1-11-12(2)22-16(21)18(11)10-15(20)17-9-14(19)8-13-6-4-3-5-7-13/h3-7,14,19H,8-10H2,1-2H3,(H,17,20). The SMILES string of the molecule is Cc1sc(=O)n(CC(=O)NCC(O)Cc2ccccc2)c1C. The molecule has 1 atom stereocenters. The minimum Gasteiger partial charge on any atom is -0.391 e. The lowest BCUT2D eigenvalue weighted by atomic mass is 10.1. The quantitative estimate of drug-likeness (QED) is 0.841. The van der Waals surface area contributed by atoms with Crippen LogP contribution in [0.25, 0.3) is 0 Å². The Hall–Kier alpha value is -1.92. The first-order chi connectivity index (χ1) is 10.5. The molecule has 0 saturated heterocycles. The highest BCUT2D eigenvalue weighted by molar-refractivity contribution is 7.09. The molecule has 22 heavy (non-hydrogen) atoms. The zero-order valence-electron chi connectivity index (χ0n) is 12.7.